The van der Waals surface area contributed by atoms with Crippen LogP contribution in [0.25, 0.3) is 0 Å². The van der Waals surface area contributed by atoms with E-state index in [0.29, 0.717) is 16.4 Å². The van der Waals surface area contributed by atoms with Gasteiger partial charge in [-0.1, -0.05) is 112 Å². The predicted octanol–water partition coefficient (Wildman–Crippen LogP) is 10.6. The van der Waals surface area contributed by atoms with Gasteiger partial charge in [0.2, 0.25) is 0 Å². The van der Waals surface area contributed by atoms with Crippen LogP contribution in [0.4, 0.5) is 0 Å². The van der Waals surface area contributed by atoms with Crippen molar-refractivity contribution >= 4 is 5.97 Å². The highest BCUT2D eigenvalue weighted by Crippen LogP contribution is 2.47. The molecule has 2 unspecified atom stereocenters. The number of aliphatic hydroxyl groups excluding tert-OH is 1. The van der Waals surface area contributed by atoms with Gasteiger partial charge in [-0.3, -0.25) is 0 Å². The van der Waals surface area contributed by atoms with Gasteiger partial charge >= 0.3 is 5.97 Å². The monoisotopic (exact) mass is 556 g/mol. The summed E-state index contributed by atoms with van der Waals surface area (Å²) in [4.78, 5) is 12.4. The summed E-state index contributed by atoms with van der Waals surface area (Å²) in [5.74, 6) is 3.00. The molecule has 0 heterocycles. The number of aliphatic hydroxyl groups is 1. The van der Waals surface area contributed by atoms with Crippen molar-refractivity contribution in [1.29, 1.82) is 0 Å². The summed E-state index contributed by atoms with van der Waals surface area (Å²) in [5, 5.41) is 9.84. The number of rotatable bonds is 12. The Morgan fingerprint density at radius 1 is 0.825 bits per heavy atom. The molecule has 3 rings (SSSR count). The van der Waals surface area contributed by atoms with Crippen molar-refractivity contribution in [3.63, 3.8) is 0 Å². The molecule has 2 saturated carbocycles. The van der Waals surface area contributed by atoms with Gasteiger partial charge < -0.3 is 9.84 Å². The van der Waals surface area contributed by atoms with Gasteiger partial charge in [0.05, 0.1) is 11.7 Å². The molecular formula is C37H64O3. The molecule has 40 heavy (non-hydrogen) atoms. The zero-order chi connectivity index (χ0) is 29.8. The van der Waals surface area contributed by atoms with Crippen molar-refractivity contribution in [3.05, 3.63) is 35.9 Å². The summed E-state index contributed by atoms with van der Waals surface area (Å²) in [6, 6.07) is 9.36. The summed E-state index contributed by atoms with van der Waals surface area (Å²) in [5.41, 5.74) is 1.56. The van der Waals surface area contributed by atoms with Crippen LogP contribution in [-0.4, -0.2) is 23.3 Å². The predicted molar refractivity (Wildman–Crippen MR) is 171 cm³/mol. The van der Waals surface area contributed by atoms with Gasteiger partial charge in [-0.2, -0.15) is 0 Å². The van der Waals surface area contributed by atoms with E-state index in [9.17, 15) is 9.90 Å². The van der Waals surface area contributed by atoms with Gasteiger partial charge in [-0.25, -0.2) is 4.79 Å². The van der Waals surface area contributed by atoms with Crippen LogP contribution in [0.1, 0.15) is 156 Å². The van der Waals surface area contributed by atoms with Crippen LogP contribution in [0.15, 0.2) is 30.3 Å². The molecule has 3 nitrogen and oxygen atoms in total. The fourth-order valence-corrected chi connectivity index (χ4v) is 8.02. The second kappa shape index (κ2) is 16.9. The number of esters is 1. The first-order chi connectivity index (χ1) is 18.9. The average molecular weight is 557 g/mol. The number of hydrogen-bond acceptors (Lipinski definition) is 3. The number of carbonyl (C=O) groups excluding carboxylic acids is 1. The first kappa shape index (κ1) is 34.8. The molecule has 6 atom stereocenters. The fraction of sp³-hybridized carbons (Fsp3) is 0.811. The van der Waals surface area contributed by atoms with Crippen LogP contribution in [-0.2, 0) is 4.74 Å². The highest BCUT2D eigenvalue weighted by Gasteiger charge is 2.37. The largest absolute Gasteiger partial charge is 0.459 e. The lowest BCUT2D eigenvalue weighted by molar-refractivity contribution is 0.0160. The molecule has 0 aliphatic heterocycles. The second-order valence-corrected chi connectivity index (χ2v) is 14.7. The van der Waals surface area contributed by atoms with Gasteiger partial charge in [-0.05, 0) is 98.0 Å². The Kier molecular flexibility index (Phi) is 14.8. The third-order valence-electron chi connectivity index (χ3n) is 10.5. The zero-order valence-corrected chi connectivity index (χ0v) is 27.5. The van der Waals surface area contributed by atoms with Crippen molar-refractivity contribution in [2.24, 2.45) is 34.5 Å². The third kappa shape index (κ3) is 11.1. The van der Waals surface area contributed by atoms with Crippen molar-refractivity contribution in [2.75, 3.05) is 0 Å². The van der Waals surface area contributed by atoms with Gasteiger partial charge in [0.1, 0.15) is 6.10 Å². The van der Waals surface area contributed by atoms with E-state index < -0.39 is 0 Å². The minimum atomic E-state index is -0.176. The molecule has 0 bridgehead atoms. The minimum absolute atomic E-state index is 0.0487. The molecule has 0 saturated heterocycles. The SMILES string of the molecule is CCCC(CC[C@@H]1[C@@H](C)CCCC1(C)C)OC(=O)c1ccccc1.CCCC(O)CC[C@@H]1[C@@H](C)CCCC1(C)C. The van der Waals surface area contributed by atoms with Crippen LogP contribution >= 0.6 is 0 Å². The Labute approximate surface area is 248 Å². The molecule has 0 spiro atoms. The van der Waals surface area contributed by atoms with Crippen LogP contribution in [0.3, 0.4) is 0 Å². The van der Waals surface area contributed by atoms with Crippen molar-refractivity contribution in [3.8, 4) is 0 Å². The van der Waals surface area contributed by atoms with Gasteiger partial charge in [0.25, 0.3) is 0 Å². The standard InChI is InChI=1S/C22H34O2.C15H30O/c1-5-10-19(24-21(23)18-12-7-6-8-13-18)14-15-20-17(2)11-9-16-22(20,3)4;1-5-7-13(16)9-10-14-12(2)8-6-11-15(14,3)4/h6-8,12-13,17,19-20H,5,9-11,14-16H2,1-4H3;12-14,16H,5-11H2,1-4H3/t17-,19?,20+;12-,13?,14+/m00/s1. The maximum absolute atomic E-state index is 12.4. The summed E-state index contributed by atoms with van der Waals surface area (Å²) >= 11 is 0. The van der Waals surface area contributed by atoms with Crippen LogP contribution in [0.5, 0.6) is 0 Å². The molecule has 1 N–H and O–H groups in total. The van der Waals surface area contributed by atoms with Crippen LogP contribution < -0.4 is 0 Å². The van der Waals surface area contributed by atoms with Gasteiger partial charge in [-0.15, -0.1) is 0 Å². The highest BCUT2D eigenvalue weighted by molar-refractivity contribution is 5.89. The number of carbonyl (C=O) groups is 1. The molecule has 1 aromatic rings. The fourth-order valence-electron chi connectivity index (χ4n) is 8.02. The topological polar surface area (TPSA) is 46.5 Å². The van der Waals surface area contributed by atoms with Crippen molar-refractivity contribution < 1.29 is 14.6 Å². The summed E-state index contributed by atoms with van der Waals surface area (Å²) < 4.78 is 5.83. The zero-order valence-electron chi connectivity index (χ0n) is 27.5. The lowest BCUT2D eigenvalue weighted by atomic mass is 9.62. The quantitative estimate of drug-likeness (QED) is 0.260. The molecule has 1 aromatic carbocycles. The molecule has 2 fully saturated rings. The lowest BCUT2D eigenvalue weighted by Crippen LogP contribution is -2.34. The normalized spacial score (nSPS) is 27.1. The second-order valence-electron chi connectivity index (χ2n) is 14.7. The minimum Gasteiger partial charge on any atom is -0.459 e. The van der Waals surface area contributed by atoms with Crippen molar-refractivity contribution in [1.82, 2.24) is 0 Å². The van der Waals surface area contributed by atoms with E-state index in [0.717, 1.165) is 62.2 Å². The van der Waals surface area contributed by atoms with Gasteiger partial charge in [0, 0.05) is 0 Å². The molecule has 0 aromatic heterocycles. The maximum Gasteiger partial charge on any atom is 0.338 e. The first-order valence-corrected chi connectivity index (χ1v) is 16.8. The van der Waals surface area contributed by atoms with Crippen LogP contribution in [0.2, 0.25) is 0 Å². The van der Waals surface area contributed by atoms with E-state index in [2.05, 4.69) is 55.4 Å². The Morgan fingerprint density at radius 2 is 1.32 bits per heavy atom. The van der Waals surface area contributed by atoms with E-state index in [1.807, 2.05) is 30.3 Å². The van der Waals surface area contributed by atoms with Crippen LogP contribution in [0, 0.1) is 34.5 Å². The summed E-state index contributed by atoms with van der Waals surface area (Å²) in [7, 11) is 0. The van der Waals surface area contributed by atoms with Gasteiger partial charge in [0.15, 0.2) is 0 Å². The number of hydrogen-bond donors (Lipinski definition) is 1. The average Bonchev–Trinajstić information content (AvgIpc) is 2.88. The smallest absolute Gasteiger partial charge is 0.338 e. The molecule has 0 radical (unpaired) electrons. The van der Waals surface area contributed by atoms with E-state index in [4.69, 9.17) is 4.74 Å². The first-order valence-electron chi connectivity index (χ1n) is 16.8. The molecule has 3 heteroatoms. The Morgan fingerprint density at radius 3 is 1.80 bits per heavy atom. The Bertz CT molecular complexity index is 829. The number of benzene rings is 1. The molecular weight excluding hydrogens is 492 g/mol. The summed E-state index contributed by atoms with van der Waals surface area (Å²) in [6.45, 7) is 18.8. The maximum atomic E-state index is 12.4. The molecule has 2 aliphatic carbocycles. The highest BCUT2D eigenvalue weighted by atomic mass is 16.5. The Balaban J connectivity index is 0.000000305. The van der Waals surface area contributed by atoms with E-state index in [1.165, 1.54) is 51.4 Å². The third-order valence-corrected chi connectivity index (χ3v) is 10.5. The molecule has 0 amide bonds. The summed E-state index contributed by atoms with van der Waals surface area (Å²) in [6.07, 6.45) is 16.6. The number of ether oxygens (including phenoxy) is 1. The van der Waals surface area contributed by atoms with E-state index in [-0.39, 0.29) is 18.2 Å². The van der Waals surface area contributed by atoms with Crippen molar-refractivity contribution in [2.45, 2.75) is 157 Å². The lowest BCUT2D eigenvalue weighted by Gasteiger charge is -2.43. The molecule has 230 valence electrons. The Hall–Kier alpha value is -1.35. The molecule has 2 aliphatic rings. The van der Waals surface area contributed by atoms with E-state index >= 15 is 0 Å². The van der Waals surface area contributed by atoms with E-state index in [1.54, 1.807) is 0 Å².